The van der Waals surface area contributed by atoms with Crippen LogP contribution >= 0.6 is 12.8 Å². The number of hydrogen-bond acceptors (Lipinski definition) is 3. The zero-order valence-corrected chi connectivity index (χ0v) is 8.70. The van der Waals surface area contributed by atoms with Crippen molar-refractivity contribution in [3.05, 3.63) is 29.8 Å². The van der Waals surface area contributed by atoms with Crippen LogP contribution in [0.2, 0.25) is 0 Å². The van der Waals surface area contributed by atoms with Gasteiger partial charge in [0.05, 0.1) is 5.56 Å². The van der Waals surface area contributed by atoms with Gasteiger partial charge in [-0.2, -0.15) is 13.2 Å². The molecule has 2 N–H and O–H groups in total. The average Bonchev–Trinajstić information content (AvgIpc) is 2.17. The third-order valence-electron chi connectivity index (χ3n) is 1.76. The van der Waals surface area contributed by atoms with Gasteiger partial charge in [-0.05, 0) is 18.2 Å². The van der Waals surface area contributed by atoms with Gasteiger partial charge >= 0.3 is 6.18 Å². The van der Waals surface area contributed by atoms with Crippen molar-refractivity contribution in [2.75, 3.05) is 18.4 Å². The van der Waals surface area contributed by atoms with Crippen molar-refractivity contribution in [2.45, 2.75) is 6.18 Å². The minimum Gasteiger partial charge on any atom is -0.384 e. The quantitative estimate of drug-likeness (QED) is 0.553. The molecule has 0 aliphatic heterocycles. The molecule has 2 nitrogen and oxygen atoms in total. The lowest BCUT2D eigenvalue weighted by molar-refractivity contribution is -0.137. The third kappa shape index (κ3) is 4.01. The van der Waals surface area contributed by atoms with Crippen molar-refractivity contribution in [1.82, 2.24) is 4.72 Å². The molecule has 0 aliphatic carbocycles. The van der Waals surface area contributed by atoms with Gasteiger partial charge in [-0.3, -0.25) is 4.72 Å². The van der Waals surface area contributed by atoms with Gasteiger partial charge in [0.2, 0.25) is 0 Å². The van der Waals surface area contributed by atoms with E-state index in [-0.39, 0.29) is 0 Å². The molecule has 0 saturated heterocycles. The number of halogens is 3. The average molecular weight is 236 g/mol. The summed E-state index contributed by atoms with van der Waals surface area (Å²) in [5, 5.41) is 2.85. The van der Waals surface area contributed by atoms with E-state index in [0.717, 1.165) is 12.1 Å². The van der Waals surface area contributed by atoms with Crippen LogP contribution in [0.25, 0.3) is 0 Å². The Bertz CT molecular complexity index is 314. The Morgan fingerprint density at radius 2 is 1.93 bits per heavy atom. The molecule has 0 fully saturated rings. The molecule has 0 bridgehead atoms. The van der Waals surface area contributed by atoms with Crippen molar-refractivity contribution >= 4 is 18.5 Å². The normalized spacial score (nSPS) is 11.5. The minimum absolute atomic E-state index is 0.452. The fraction of sp³-hybridized carbons (Fsp3) is 0.333. The van der Waals surface area contributed by atoms with E-state index in [4.69, 9.17) is 0 Å². The maximum absolute atomic E-state index is 12.3. The van der Waals surface area contributed by atoms with Crippen LogP contribution in [0.3, 0.4) is 0 Å². The van der Waals surface area contributed by atoms with E-state index < -0.39 is 11.7 Å². The van der Waals surface area contributed by atoms with E-state index in [1.807, 2.05) is 0 Å². The molecule has 15 heavy (non-hydrogen) atoms. The molecular weight excluding hydrogens is 225 g/mol. The van der Waals surface area contributed by atoms with Gasteiger partial charge in [0.15, 0.2) is 0 Å². The van der Waals surface area contributed by atoms with Gasteiger partial charge in [-0.25, -0.2) is 0 Å². The highest BCUT2D eigenvalue weighted by Crippen LogP contribution is 2.30. The summed E-state index contributed by atoms with van der Waals surface area (Å²) in [6.45, 7) is 1.09. The van der Waals surface area contributed by atoms with E-state index in [1.165, 1.54) is 6.07 Å². The molecule has 0 unspecified atom stereocenters. The third-order valence-corrected chi connectivity index (χ3v) is 1.98. The van der Waals surface area contributed by atoms with Crippen molar-refractivity contribution in [3.8, 4) is 0 Å². The summed E-state index contributed by atoms with van der Waals surface area (Å²) in [5.41, 5.74) is -0.195. The first-order valence-corrected chi connectivity index (χ1v) is 4.77. The van der Waals surface area contributed by atoms with Crippen molar-refractivity contribution < 1.29 is 13.2 Å². The van der Waals surface area contributed by atoms with Crippen LogP contribution in [-0.2, 0) is 6.18 Å². The fourth-order valence-corrected chi connectivity index (χ4v) is 1.18. The highest BCUT2D eigenvalue weighted by atomic mass is 32.1. The number of benzene rings is 1. The summed E-state index contributed by atoms with van der Waals surface area (Å²) in [6.07, 6.45) is -4.29. The smallest absolute Gasteiger partial charge is 0.384 e. The van der Waals surface area contributed by atoms with E-state index in [0.29, 0.717) is 18.8 Å². The SMILES string of the molecule is FC(F)(F)c1cccc(NCCNS)c1. The number of alkyl halides is 3. The van der Waals surface area contributed by atoms with E-state index in [9.17, 15) is 13.2 Å². The Morgan fingerprint density at radius 1 is 1.20 bits per heavy atom. The predicted octanol–water partition coefficient (Wildman–Crippen LogP) is 2.55. The zero-order chi connectivity index (χ0) is 11.3. The van der Waals surface area contributed by atoms with Crippen LogP contribution in [0.15, 0.2) is 24.3 Å². The second-order valence-electron chi connectivity index (χ2n) is 2.91. The van der Waals surface area contributed by atoms with Gasteiger partial charge < -0.3 is 5.32 Å². The van der Waals surface area contributed by atoms with Crippen molar-refractivity contribution in [1.29, 1.82) is 0 Å². The van der Waals surface area contributed by atoms with Crippen LogP contribution in [0.1, 0.15) is 5.56 Å². The van der Waals surface area contributed by atoms with E-state index >= 15 is 0 Å². The van der Waals surface area contributed by atoms with Gasteiger partial charge in [-0.15, -0.1) is 0 Å². The van der Waals surface area contributed by atoms with E-state index in [2.05, 4.69) is 22.9 Å². The molecule has 0 aromatic heterocycles. The van der Waals surface area contributed by atoms with Crippen molar-refractivity contribution in [3.63, 3.8) is 0 Å². The monoisotopic (exact) mass is 236 g/mol. The summed E-state index contributed by atoms with van der Waals surface area (Å²) in [7, 11) is 0. The Hall–Kier alpha value is -0.880. The van der Waals surface area contributed by atoms with Gasteiger partial charge in [0, 0.05) is 18.8 Å². The largest absolute Gasteiger partial charge is 0.416 e. The van der Waals surface area contributed by atoms with Crippen LogP contribution in [0.5, 0.6) is 0 Å². The van der Waals surface area contributed by atoms with Crippen molar-refractivity contribution in [2.24, 2.45) is 0 Å². The Labute approximate surface area is 91.4 Å². The molecule has 0 heterocycles. The Balaban J connectivity index is 2.66. The zero-order valence-electron chi connectivity index (χ0n) is 7.80. The van der Waals surface area contributed by atoms with Crippen LogP contribution < -0.4 is 10.0 Å². The van der Waals surface area contributed by atoms with Crippen LogP contribution in [0, 0.1) is 0 Å². The summed E-state index contributed by atoms with van der Waals surface area (Å²) >= 11 is 3.76. The lowest BCUT2D eigenvalue weighted by Crippen LogP contribution is -2.14. The molecular formula is C9H11F3N2S. The maximum Gasteiger partial charge on any atom is 0.416 e. The lowest BCUT2D eigenvalue weighted by Gasteiger charge is -2.10. The summed E-state index contributed by atoms with van der Waals surface area (Å²) in [6, 6.07) is 5.09. The standard InChI is InChI=1S/C9H11F3N2S/c10-9(11,12)7-2-1-3-8(6-7)13-4-5-14-15/h1-3,6,13-15H,4-5H2. The second kappa shape index (κ2) is 5.27. The molecule has 0 spiro atoms. The number of anilines is 1. The summed E-state index contributed by atoms with van der Waals surface area (Å²) in [4.78, 5) is 0. The lowest BCUT2D eigenvalue weighted by atomic mass is 10.2. The molecule has 0 atom stereocenters. The molecule has 0 saturated carbocycles. The van der Waals surface area contributed by atoms with E-state index in [1.54, 1.807) is 6.07 Å². The highest BCUT2D eigenvalue weighted by Gasteiger charge is 2.30. The molecule has 6 heteroatoms. The molecule has 0 aliphatic rings. The molecule has 0 amide bonds. The minimum atomic E-state index is -4.29. The maximum atomic E-state index is 12.3. The number of nitrogens with one attached hydrogen (secondary N) is 2. The van der Waals surface area contributed by atoms with Crippen LogP contribution in [-0.4, -0.2) is 13.1 Å². The fourth-order valence-electron chi connectivity index (χ4n) is 1.07. The summed E-state index contributed by atoms with van der Waals surface area (Å²) < 4.78 is 39.5. The summed E-state index contributed by atoms with van der Waals surface area (Å²) in [5.74, 6) is 0. The Kier molecular flexibility index (Phi) is 4.28. The Morgan fingerprint density at radius 3 is 2.53 bits per heavy atom. The first-order valence-electron chi connectivity index (χ1n) is 4.32. The number of thiol groups is 1. The first-order chi connectivity index (χ1) is 7.04. The highest BCUT2D eigenvalue weighted by molar-refractivity contribution is 7.78. The van der Waals surface area contributed by atoms with Gasteiger partial charge in [-0.1, -0.05) is 18.9 Å². The van der Waals surface area contributed by atoms with Crippen LogP contribution in [0.4, 0.5) is 18.9 Å². The molecule has 0 radical (unpaired) electrons. The van der Waals surface area contributed by atoms with Gasteiger partial charge in [0.1, 0.15) is 0 Å². The molecule has 1 aromatic carbocycles. The number of rotatable bonds is 4. The first kappa shape index (κ1) is 12.2. The van der Waals surface area contributed by atoms with Gasteiger partial charge in [0.25, 0.3) is 0 Å². The number of hydrogen-bond donors (Lipinski definition) is 3. The second-order valence-corrected chi connectivity index (χ2v) is 3.23. The molecule has 1 aromatic rings. The predicted molar refractivity (Wildman–Crippen MR) is 56.9 cm³/mol. The molecule has 1 rings (SSSR count). The molecule has 84 valence electrons. The topological polar surface area (TPSA) is 24.1 Å².